The second kappa shape index (κ2) is 7.58. The zero-order valence-electron chi connectivity index (χ0n) is 23.6. The normalized spacial score (nSPS) is 13.9. The molecule has 0 spiro atoms. The zero-order valence-corrected chi connectivity index (χ0v) is 23.6. The van der Waals surface area contributed by atoms with Crippen molar-refractivity contribution < 1.29 is 0 Å². The fourth-order valence-electron chi connectivity index (χ4n) is 5.81. The standard InChI is InChI=1S/C34H44/c1-31(2,3)27-19-25-26(20-28(27)32(4,5)6)30(34(10,11)12)24-18-22-16-14-13-15-21(22)17-23(24)29(25)33(7,8)9/h13-20H,1-12H3. The molecule has 0 N–H and O–H groups in total. The van der Waals surface area contributed by atoms with Crippen molar-refractivity contribution >= 4 is 32.3 Å². The lowest BCUT2D eigenvalue weighted by Gasteiger charge is -2.35. The summed E-state index contributed by atoms with van der Waals surface area (Å²) in [5, 5.41) is 8.32. The van der Waals surface area contributed by atoms with E-state index in [-0.39, 0.29) is 21.7 Å². The lowest BCUT2D eigenvalue weighted by Crippen LogP contribution is -2.24. The molecular formula is C34H44. The van der Waals surface area contributed by atoms with Crippen LogP contribution in [-0.2, 0) is 21.7 Å². The maximum Gasteiger partial charge on any atom is -0.0120 e. The summed E-state index contributed by atoms with van der Waals surface area (Å²) in [7, 11) is 0. The molecule has 34 heavy (non-hydrogen) atoms. The number of fused-ring (bicyclic) bond motifs is 3. The van der Waals surface area contributed by atoms with E-state index in [1.165, 1.54) is 54.6 Å². The van der Waals surface area contributed by atoms with Crippen LogP contribution in [0.5, 0.6) is 0 Å². The van der Waals surface area contributed by atoms with E-state index in [2.05, 4.69) is 132 Å². The summed E-state index contributed by atoms with van der Waals surface area (Å²) < 4.78 is 0. The third-order valence-electron chi connectivity index (χ3n) is 7.24. The minimum atomic E-state index is 0.0216. The summed E-state index contributed by atoms with van der Waals surface area (Å²) in [6, 6.07) is 18.8. The molecule has 0 radical (unpaired) electrons. The Balaban J connectivity index is 2.40. The Morgan fingerprint density at radius 3 is 0.941 bits per heavy atom. The molecule has 4 aromatic carbocycles. The van der Waals surface area contributed by atoms with Gasteiger partial charge in [0.1, 0.15) is 0 Å². The summed E-state index contributed by atoms with van der Waals surface area (Å²) in [5.74, 6) is 0. The van der Waals surface area contributed by atoms with Gasteiger partial charge in [-0.3, -0.25) is 0 Å². The average Bonchev–Trinajstić information content (AvgIpc) is 2.66. The van der Waals surface area contributed by atoms with Gasteiger partial charge in [0.05, 0.1) is 0 Å². The van der Waals surface area contributed by atoms with Gasteiger partial charge in [0.15, 0.2) is 0 Å². The average molecular weight is 453 g/mol. The molecule has 0 amide bonds. The Hall–Kier alpha value is -2.34. The minimum absolute atomic E-state index is 0.0216. The molecule has 0 heteroatoms. The molecule has 0 saturated carbocycles. The number of rotatable bonds is 0. The molecule has 4 rings (SSSR count). The van der Waals surface area contributed by atoms with Gasteiger partial charge >= 0.3 is 0 Å². The van der Waals surface area contributed by atoms with Gasteiger partial charge in [-0.05, 0) is 100 Å². The Morgan fingerprint density at radius 2 is 0.676 bits per heavy atom. The molecule has 0 unspecified atom stereocenters. The van der Waals surface area contributed by atoms with E-state index < -0.39 is 0 Å². The smallest absolute Gasteiger partial charge is 0.0120 e. The van der Waals surface area contributed by atoms with Gasteiger partial charge in [0.25, 0.3) is 0 Å². The third-order valence-corrected chi connectivity index (χ3v) is 7.24. The minimum Gasteiger partial charge on any atom is -0.0616 e. The molecular weight excluding hydrogens is 408 g/mol. The molecule has 180 valence electrons. The van der Waals surface area contributed by atoms with Crippen LogP contribution in [0.2, 0.25) is 0 Å². The number of benzene rings is 4. The molecule has 0 atom stereocenters. The fourth-order valence-corrected chi connectivity index (χ4v) is 5.81. The highest BCUT2D eigenvalue weighted by atomic mass is 14.4. The van der Waals surface area contributed by atoms with Crippen LogP contribution in [-0.4, -0.2) is 0 Å². The lowest BCUT2D eigenvalue weighted by atomic mass is 9.69. The molecule has 0 nitrogen and oxygen atoms in total. The van der Waals surface area contributed by atoms with Crippen LogP contribution >= 0.6 is 0 Å². The first-order chi connectivity index (χ1) is 15.4. The van der Waals surface area contributed by atoms with E-state index in [1.54, 1.807) is 0 Å². The van der Waals surface area contributed by atoms with Gasteiger partial charge in [-0.25, -0.2) is 0 Å². The first-order valence-corrected chi connectivity index (χ1v) is 12.9. The third kappa shape index (κ3) is 4.15. The van der Waals surface area contributed by atoms with Gasteiger partial charge in [-0.2, -0.15) is 0 Å². The molecule has 0 aliphatic rings. The van der Waals surface area contributed by atoms with Crippen LogP contribution in [0.25, 0.3) is 32.3 Å². The molecule has 0 heterocycles. The van der Waals surface area contributed by atoms with Crippen molar-refractivity contribution in [3.05, 3.63) is 70.8 Å². The predicted octanol–water partition coefficient (Wildman–Crippen LogP) is 10.3. The molecule has 0 bridgehead atoms. The van der Waals surface area contributed by atoms with Gasteiger partial charge < -0.3 is 0 Å². The summed E-state index contributed by atoms with van der Waals surface area (Å²) >= 11 is 0. The van der Waals surface area contributed by atoms with Crippen LogP contribution in [0.4, 0.5) is 0 Å². The van der Waals surface area contributed by atoms with Gasteiger partial charge in [0.2, 0.25) is 0 Å². The molecule has 0 saturated heterocycles. The van der Waals surface area contributed by atoms with E-state index in [0.29, 0.717) is 0 Å². The van der Waals surface area contributed by atoms with E-state index in [0.717, 1.165) is 0 Å². The lowest BCUT2D eigenvalue weighted by molar-refractivity contribution is 0.530. The van der Waals surface area contributed by atoms with E-state index >= 15 is 0 Å². The maximum atomic E-state index is 2.56. The van der Waals surface area contributed by atoms with E-state index in [9.17, 15) is 0 Å². The SMILES string of the molecule is CC(C)(C)c1cc2c(C(C)(C)C)c3cc4ccccc4cc3c(C(C)(C)C)c2cc1C(C)(C)C. The number of hydrogen-bond donors (Lipinski definition) is 0. The molecule has 4 aromatic rings. The van der Waals surface area contributed by atoms with Gasteiger partial charge in [0, 0.05) is 0 Å². The fraction of sp³-hybridized carbons (Fsp3) is 0.471. The largest absolute Gasteiger partial charge is 0.0616 e. The summed E-state index contributed by atoms with van der Waals surface area (Å²) in [6.45, 7) is 28.4. The van der Waals surface area contributed by atoms with E-state index in [4.69, 9.17) is 0 Å². The molecule has 0 fully saturated rings. The quantitative estimate of drug-likeness (QED) is 0.233. The van der Waals surface area contributed by atoms with Crippen LogP contribution in [0.15, 0.2) is 48.5 Å². The Bertz CT molecular complexity index is 1290. The van der Waals surface area contributed by atoms with Crippen LogP contribution in [0, 0.1) is 0 Å². The highest BCUT2D eigenvalue weighted by Gasteiger charge is 2.32. The highest BCUT2D eigenvalue weighted by molar-refractivity contribution is 6.12. The maximum absolute atomic E-state index is 2.56. The van der Waals surface area contributed by atoms with Crippen molar-refractivity contribution in [3.63, 3.8) is 0 Å². The zero-order chi connectivity index (χ0) is 25.4. The first kappa shape index (κ1) is 24.8. The molecule has 0 aromatic heterocycles. The Kier molecular flexibility index (Phi) is 5.52. The predicted molar refractivity (Wildman–Crippen MR) is 154 cm³/mol. The Morgan fingerprint density at radius 1 is 0.382 bits per heavy atom. The van der Waals surface area contributed by atoms with Crippen LogP contribution < -0.4 is 0 Å². The topological polar surface area (TPSA) is 0 Å². The van der Waals surface area contributed by atoms with Crippen molar-refractivity contribution in [3.8, 4) is 0 Å². The van der Waals surface area contributed by atoms with Crippen molar-refractivity contribution in [2.45, 2.75) is 105 Å². The summed E-state index contributed by atoms with van der Waals surface area (Å²) in [5.41, 5.74) is 6.08. The second-order valence-corrected chi connectivity index (χ2v) is 14.4. The molecule has 0 aliphatic heterocycles. The van der Waals surface area contributed by atoms with Crippen LogP contribution in [0.1, 0.15) is 105 Å². The van der Waals surface area contributed by atoms with Crippen molar-refractivity contribution in [2.75, 3.05) is 0 Å². The first-order valence-electron chi connectivity index (χ1n) is 12.9. The summed E-state index contributed by atoms with van der Waals surface area (Å²) in [4.78, 5) is 0. The van der Waals surface area contributed by atoms with Gasteiger partial charge in [-0.15, -0.1) is 0 Å². The van der Waals surface area contributed by atoms with Crippen molar-refractivity contribution in [2.24, 2.45) is 0 Å². The Labute approximate surface area is 207 Å². The van der Waals surface area contributed by atoms with E-state index in [1.807, 2.05) is 0 Å². The summed E-state index contributed by atoms with van der Waals surface area (Å²) in [6.07, 6.45) is 0. The van der Waals surface area contributed by atoms with Crippen molar-refractivity contribution in [1.29, 1.82) is 0 Å². The van der Waals surface area contributed by atoms with Gasteiger partial charge in [-0.1, -0.05) is 107 Å². The highest BCUT2D eigenvalue weighted by Crippen LogP contribution is 2.47. The monoisotopic (exact) mass is 452 g/mol. The number of hydrogen-bond acceptors (Lipinski definition) is 0. The van der Waals surface area contributed by atoms with Crippen LogP contribution in [0.3, 0.4) is 0 Å². The van der Waals surface area contributed by atoms with Crippen molar-refractivity contribution in [1.82, 2.24) is 0 Å². The molecule has 0 aliphatic carbocycles. The second-order valence-electron chi connectivity index (χ2n) is 14.4.